The van der Waals surface area contributed by atoms with Crippen molar-refractivity contribution in [1.29, 1.82) is 0 Å². The summed E-state index contributed by atoms with van der Waals surface area (Å²) in [5.41, 5.74) is 1.17. The maximum Gasteiger partial charge on any atom is 0.262 e. The third-order valence-corrected chi connectivity index (χ3v) is 5.55. The summed E-state index contributed by atoms with van der Waals surface area (Å²) in [4.78, 5) is 27.1. The van der Waals surface area contributed by atoms with Gasteiger partial charge in [0.2, 0.25) is 5.91 Å². The summed E-state index contributed by atoms with van der Waals surface area (Å²) in [5, 5.41) is 5.93. The minimum Gasteiger partial charge on any atom is -0.494 e. The molecule has 0 aromatic heterocycles. The first-order chi connectivity index (χ1) is 17.0. The quantitative estimate of drug-likeness (QED) is 0.479. The largest absolute Gasteiger partial charge is 0.494 e. The number of rotatable bonds is 8. The van der Waals surface area contributed by atoms with Gasteiger partial charge in [-0.3, -0.25) is 9.59 Å². The predicted octanol–water partition coefficient (Wildman–Crippen LogP) is 4.48. The first-order valence-corrected chi connectivity index (χ1v) is 11.6. The van der Waals surface area contributed by atoms with Crippen molar-refractivity contribution in [2.45, 2.75) is 13.0 Å². The van der Waals surface area contributed by atoms with Crippen molar-refractivity contribution in [3.63, 3.8) is 0 Å². The highest BCUT2D eigenvalue weighted by atomic mass is 35.5. The van der Waals surface area contributed by atoms with Crippen LogP contribution in [0, 0.1) is 0 Å². The molecule has 1 unspecified atom stereocenters. The lowest BCUT2D eigenvalue weighted by Crippen LogP contribution is -2.50. The van der Waals surface area contributed by atoms with Crippen LogP contribution in [-0.4, -0.2) is 44.7 Å². The molecule has 1 atom stereocenters. The van der Waals surface area contributed by atoms with Gasteiger partial charge in [0.25, 0.3) is 5.91 Å². The van der Waals surface area contributed by atoms with E-state index in [0.29, 0.717) is 34.6 Å². The highest BCUT2D eigenvalue weighted by Gasteiger charge is 2.31. The van der Waals surface area contributed by atoms with E-state index < -0.39 is 6.10 Å². The van der Waals surface area contributed by atoms with Gasteiger partial charge in [-0.05, 0) is 61.5 Å². The number of ether oxygens (including phenoxy) is 3. The Labute approximate surface area is 208 Å². The smallest absolute Gasteiger partial charge is 0.262 e. The summed E-state index contributed by atoms with van der Waals surface area (Å²) < 4.78 is 17.3. The molecule has 0 spiro atoms. The number of carbonyl (C=O) groups excluding carboxylic acids is 2. The molecule has 1 heterocycles. The minimum atomic E-state index is -0.729. The van der Waals surface area contributed by atoms with Crippen LogP contribution in [0.5, 0.6) is 23.0 Å². The zero-order valence-corrected chi connectivity index (χ0v) is 20.2. The van der Waals surface area contributed by atoms with Crippen LogP contribution in [-0.2, 0) is 9.59 Å². The lowest BCUT2D eigenvalue weighted by atomic mass is 10.1. The predicted molar refractivity (Wildman–Crippen MR) is 135 cm³/mol. The van der Waals surface area contributed by atoms with Gasteiger partial charge in [-0.2, -0.15) is 0 Å². The standard InChI is InChI=1S/C26H26ClN3O5/c1-3-33-18-9-11-19(12-10-18)34-22-13-8-17(27)14-20(22)29-25(31)16-30-15-24(26(32)28-2)35-23-7-5-4-6-21(23)30/h4-14,24H,3,15-16H2,1-2H3,(H,28,32)(H,29,31). The molecule has 3 aromatic rings. The second-order valence-corrected chi connectivity index (χ2v) is 8.20. The van der Waals surface area contributed by atoms with Gasteiger partial charge >= 0.3 is 0 Å². The number of fused-ring (bicyclic) bond motifs is 1. The molecule has 0 aliphatic carbocycles. The van der Waals surface area contributed by atoms with Crippen LogP contribution in [0.1, 0.15) is 6.92 Å². The lowest BCUT2D eigenvalue weighted by Gasteiger charge is -2.35. The Hall–Kier alpha value is -3.91. The molecule has 0 fully saturated rings. The molecule has 0 saturated carbocycles. The topological polar surface area (TPSA) is 89.1 Å². The van der Waals surface area contributed by atoms with Crippen molar-refractivity contribution in [2.24, 2.45) is 0 Å². The first kappa shape index (κ1) is 24.2. The van der Waals surface area contributed by atoms with Crippen LogP contribution in [0.2, 0.25) is 5.02 Å². The number of anilines is 2. The molecule has 35 heavy (non-hydrogen) atoms. The zero-order chi connectivity index (χ0) is 24.8. The van der Waals surface area contributed by atoms with Gasteiger partial charge in [0.15, 0.2) is 11.9 Å². The van der Waals surface area contributed by atoms with Crippen molar-refractivity contribution in [3.05, 3.63) is 71.8 Å². The van der Waals surface area contributed by atoms with Crippen LogP contribution >= 0.6 is 11.6 Å². The Morgan fingerprint density at radius 3 is 2.57 bits per heavy atom. The molecule has 3 aromatic carbocycles. The van der Waals surface area contributed by atoms with E-state index in [1.165, 1.54) is 0 Å². The number of nitrogens with one attached hydrogen (secondary N) is 2. The molecule has 8 nitrogen and oxygen atoms in total. The van der Waals surface area contributed by atoms with Crippen LogP contribution in [0.25, 0.3) is 0 Å². The fourth-order valence-electron chi connectivity index (χ4n) is 3.70. The lowest BCUT2D eigenvalue weighted by molar-refractivity contribution is -0.127. The van der Waals surface area contributed by atoms with Gasteiger partial charge in [0.1, 0.15) is 17.2 Å². The molecule has 0 saturated heterocycles. The molecule has 2 amide bonds. The van der Waals surface area contributed by atoms with E-state index in [1.54, 1.807) is 43.4 Å². The van der Waals surface area contributed by atoms with Crippen LogP contribution < -0.4 is 29.7 Å². The average Bonchev–Trinajstić information content (AvgIpc) is 2.86. The van der Waals surface area contributed by atoms with Crippen LogP contribution in [0.15, 0.2) is 66.7 Å². The van der Waals surface area contributed by atoms with E-state index in [-0.39, 0.29) is 24.9 Å². The number of nitrogens with zero attached hydrogens (tertiary/aromatic N) is 1. The van der Waals surface area contributed by atoms with Crippen LogP contribution in [0.4, 0.5) is 11.4 Å². The van der Waals surface area contributed by atoms with Gasteiger partial charge in [0, 0.05) is 12.1 Å². The van der Waals surface area contributed by atoms with E-state index in [0.717, 1.165) is 11.4 Å². The number of likely N-dealkylation sites (N-methyl/N-ethyl adjacent to an activating group) is 1. The van der Waals surface area contributed by atoms with Crippen molar-refractivity contribution in [2.75, 3.05) is 37.0 Å². The first-order valence-electron chi connectivity index (χ1n) is 11.2. The number of hydrogen-bond donors (Lipinski definition) is 2. The summed E-state index contributed by atoms with van der Waals surface area (Å²) in [6, 6.07) is 19.5. The molecule has 0 radical (unpaired) electrons. The van der Waals surface area contributed by atoms with Gasteiger partial charge in [0.05, 0.1) is 31.1 Å². The Morgan fingerprint density at radius 2 is 1.83 bits per heavy atom. The monoisotopic (exact) mass is 495 g/mol. The number of amides is 2. The normalized spacial score (nSPS) is 14.4. The van der Waals surface area contributed by atoms with Gasteiger partial charge in [-0.1, -0.05) is 23.7 Å². The van der Waals surface area contributed by atoms with Gasteiger partial charge < -0.3 is 29.7 Å². The van der Waals surface area contributed by atoms with Crippen molar-refractivity contribution in [1.82, 2.24) is 5.32 Å². The van der Waals surface area contributed by atoms with E-state index in [4.69, 9.17) is 25.8 Å². The molecule has 1 aliphatic heterocycles. The van der Waals surface area contributed by atoms with Crippen molar-refractivity contribution in [3.8, 4) is 23.0 Å². The number of carbonyl (C=O) groups is 2. The molecule has 4 rings (SSSR count). The Bertz CT molecular complexity index is 1200. The summed E-state index contributed by atoms with van der Waals surface area (Å²) in [6.45, 7) is 2.73. The van der Waals surface area contributed by atoms with E-state index in [1.807, 2.05) is 42.2 Å². The molecule has 9 heteroatoms. The molecule has 0 bridgehead atoms. The summed E-state index contributed by atoms with van der Waals surface area (Å²) in [7, 11) is 1.55. The highest BCUT2D eigenvalue weighted by Crippen LogP contribution is 2.35. The number of halogens is 1. The average molecular weight is 496 g/mol. The SMILES string of the molecule is CCOc1ccc(Oc2ccc(Cl)cc2NC(=O)CN2CC(C(=O)NC)Oc3ccccc32)cc1. The Balaban J connectivity index is 1.50. The Kier molecular flexibility index (Phi) is 7.62. The van der Waals surface area contributed by atoms with Crippen LogP contribution in [0.3, 0.4) is 0 Å². The fourth-order valence-corrected chi connectivity index (χ4v) is 3.88. The molecular formula is C26H26ClN3O5. The molecule has 182 valence electrons. The third-order valence-electron chi connectivity index (χ3n) is 5.31. The Morgan fingerprint density at radius 1 is 1.09 bits per heavy atom. The summed E-state index contributed by atoms with van der Waals surface area (Å²) in [6.07, 6.45) is -0.729. The summed E-state index contributed by atoms with van der Waals surface area (Å²) >= 11 is 6.19. The maximum absolute atomic E-state index is 13.1. The zero-order valence-electron chi connectivity index (χ0n) is 19.4. The third kappa shape index (κ3) is 5.96. The number of benzene rings is 3. The number of para-hydroxylation sites is 2. The maximum atomic E-state index is 13.1. The second-order valence-electron chi connectivity index (χ2n) is 7.76. The highest BCUT2D eigenvalue weighted by molar-refractivity contribution is 6.31. The summed E-state index contributed by atoms with van der Waals surface area (Å²) in [5.74, 6) is 1.76. The molecule has 2 N–H and O–H groups in total. The minimum absolute atomic E-state index is 0.00285. The van der Waals surface area contributed by atoms with Crippen molar-refractivity contribution < 1.29 is 23.8 Å². The fraction of sp³-hybridized carbons (Fsp3) is 0.231. The molecular weight excluding hydrogens is 470 g/mol. The van der Waals surface area contributed by atoms with Crippen molar-refractivity contribution >= 4 is 34.8 Å². The van der Waals surface area contributed by atoms with E-state index >= 15 is 0 Å². The van der Waals surface area contributed by atoms with Gasteiger partial charge in [-0.15, -0.1) is 0 Å². The van der Waals surface area contributed by atoms with E-state index in [2.05, 4.69) is 10.6 Å². The molecule has 1 aliphatic rings. The number of hydrogen-bond acceptors (Lipinski definition) is 6. The second kappa shape index (κ2) is 11.0. The van der Waals surface area contributed by atoms with E-state index in [9.17, 15) is 9.59 Å². The van der Waals surface area contributed by atoms with Gasteiger partial charge in [-0.25, -0.2) is 0 Å².